The highest BCUT2D eigenvalue weighted by atomic mass is 35.5. The highest BCUT2D eigenvalue weighted by molar-refractivity contribution is 6.31. The van der Waals surface area contributed by atoms with Crippen LogP contribution in [0.15, 0.2) is 53.6 Å². The molecule has 3 rings (SSSR count). The molecule has 3 aromatic rings. The third-order valence-electron chi connectivity index (χ3n) is 4.17. The van der Waals surface area contributed by atoms with Gasteiger partial charge in [0.15, 0.2) is 0 Å². The molecule has 25 heavy (non-hydrogen) atoms. The number of aryl methyl sites for hydroxylation is 2. The lowest BCUT2D eigenvalue weighted by Gasteiger charge is -2.05. The first-order valence-electron chi connectivity index (χ1n) is 8.18. The van der Waals surface area contributed by atoms with E-state index in [0.717, 1.165) is 39.8 Å². The topological polar surface area (TPSA) is 42.2 Å². The lowest BCUT2D eigenvalue weighted by atomic mass is 10.2. The molecule has 0 atom stereocenters. The van der Waals surface area contributed by atoms with Crippen molar-refractivity contribution in [3.8, 4) is 0 Å². The predicted molar refractivity (Wildman–Crippen MR) is 105 cm³/mol. The highest BCUT2D eigenvalue weighted by Gasteiger charge is 2.10. The Hall–Kier alpha value is -2.59. The van der Waals surface area contributed by atoms with Crippen molar-refractivity contribution >= 4 is 23.5 Å². The van der Waals surface area contributed by atoms with Gasteiger partial charge in [-0.25, -0.2) is 0 Å². The smallest absolute Gasteiger partial charge is 0.0685 e. The second-order valence-corrected chi connectivity index (χ2v) is 6.47. The zero-order valence-corrected chi connectivity index (χ0v) is 15.4. The molecule has 0 aliphatic heterocycles. The van der Waals surface area contributed by atoms with Crippen LogP contribution in [-0.2, 0) is 6.54 Å². The van der Waals surface area contributed by atoms with E-state index in [4.69, 9.17) is 11.6 Å². The first-order valence-corrected chi connectivity index (χ1v) is 8.55. The average molecular weight is 353 g/mol. The molecular weight excluding hydrogens is 332 g/mol. The van der Waals surface area contributed by atoms with E-state index in [2.05, 4.69) is 34.7 Å². The molecule has 1 aromatic heterocycles. The number of halogens is 1. The maximum Gasteiger partial charge on any atom is 0.0685 e. The maximum atomic E-state index is 6.14. The Morgan fingerprint density at radius 2 is 1.88 bits per heavy atom. The number of hydrazone groups is 1. The van der Waals surface area contributed by atoms with Crippen molar-refractivity contribution in [2.24, 2.45) is 5.10 Å². The van der Waals surface area contributed by atoms with Gasteiger partial charge in [-0.1, -0.05) is 48.0 Å². The molecule has 0 aliphatic carbocycles. The van der Waals surface area contributed by atoms with Gasteiger partial charge in [0.25, 0.3) is 0 Å². The van der Waals surface area contributed by atoms with E-state index in [1.807, 2.05) is 61.1 Å². The summed E-state index contributed by atoms with van der Waals surface area (Å²) in [6, 6.07) is 16.1. The first kappa shape index (κ1) is 17.2. The molecule has 0 aliphatic rings. The van der Waals surface area contributed by atoms with Crippen LogP contribution in [0.5, 0.6) is 0 Å². The molecule has 2 aromatic carbocycles. The van der Waals surface area contributed by atoms with E-state index in [1.54, 1.807) is 0 Å². The van der Waals surface area contributed by atoms with Crippen molar-refractivity contribution in [3.05, 3.63) is 81.6 Å². The second kappa shape index (κ2) is 7.53. The molecule has 0 spiro atoms. The van der Waals surface area contributed by atoms with Crippen LogP contribution in [0, 0.1) is 20.8 Å². The third-order valence-corrected chi connectivity index (χ3v) is 4.58. The van der Waals surface area contributed by atoms with E-state index in [1.165, 1.54) is 5.56 Å². The van der Waals surface area contributed by atoms with Crippen molar-refractivity contribution in [1.29, 1.82) is 0 Å². The van der Waals surface area contributed by atoms with E-state index in [-0.39, 0.29) is 0 Å². The lowest BCUT2D eigenvalue weighted by molar-refractivity contribution is 0.659. The van der Waals surface area contributed by atoms with Crippen LogP contribution in [0.1, 0.15) is 28.1 Å². The Balaban J connectivity index is 1.75. The van der Waals surface area contributed by atoms with Gasteiger partial charge in [-0.15, -0.1) is 0 Å². The molecule has 128 valence electrons. The van der Waals surface area contributed by atoms with Gasteiger partial charge in [-0.3, -0.25) is 10.1 Å². The minimum absolute atomic E-state index is 0.725. The normalized spacial score (nSPS) is 11.2. The van der Waals surface area contributed by atoms with Crippen molar-refractivity contribution < 1.29 is 0 Å². The summed E-state index contributed by atoms with van der Waals surface area (Å²) in [5, 5.41) is 9.70. The van der Waals surface area contributed by atoms with Crippen molar-refractivity contribution in [1.82, 2.24) is 9.78 Å². The van der Waals surface area contributed by atoms with Gasteiger partial charge in [0.2, 0.25) is 0 Å². The van der Waals surface area contributed by atoms with Gasteiger partial charge in [0.1, 0.15) is 0 Å². The van der Waals surface area contributed by atoms with E-state index < -0.39 is 0 Å². The van der Waals surface area contributed by atoms with Crippen LogP contribution in [0.4, 0.5) is 5.69 Å². The summed E-state index contributed by atoms with van der Waals surface area (Å²) in [5.74, 6) is 0. The van der Waals surface area contributed by atoms with Gasteiger partial charge < -0.3 is 0 Å². The fourth-order valence-electron chi connectivity index (χ4n) is 2.64. The van der Waals surface area contributed by atoms with Crippen LogP contribution >= 0.6 is 11.6 Å². The minimum Gasteiger partial charge on any atom is -0.278 e. The third kappa shape index (κ3) is 4.09. The van der Waals surface area contributed by atoms with Crippen molar-refractivity contribution in [2.75, 3.05) is 5.43 Å². The Morgan fingerprint density at radius 1 is 1.12 bits per heavy atom. The van der Waals surface area contributed by atoms with Crippen LogP contribution in [0.2, 0.25) is 5.02 Å². The summed E-state index contributed by atoms with van der Waals surface area (Å²) in [5.41, 5.74) is 9.23. The molecule has 1 heterocycles. The second-order valence-electron chi connectivity index (χ2n) is 6.06. The van der Waals surface area contributed by atoms with Crippen molar-refractivity contribution in [3.63, 3.8) is 0 Å². The summed E-state index contributed by atoms with van der Waals surface area (Å²) < 4.78 is 2.01. The number of nitrogens with zero attached hydrogens (tertiary/aromatic N) is 3. The zero-order valence-electron chi connectivity index (χ0n) is 14.6. The number of hydrogen-bond acceptors (Lipinski definition) is 3. The van der Waals surface area contributed by atoms with Gasteiger partial charge in [-0.05, 0) is 44.0 Å². The van der Waals surface area contributed by atoms with E-state index >= 15 is 0 Å². The molecule has 0 unspecified atom stereocenters. The fourth-order valence-corrected chi connectivity index (χ4v) is 2.82. The summed E-state index contributed by atoms with van der Waals surface area (Å²) >= 11 is 6.14. The monoisotopic (exact) mass is 352 g/mol. The van der Waals surface area contributed by atoms with Gasteiger partial charge in [-0.2, -0.15) is 10.2 Å². The number of anilines is 1. The quantitative estimate of drug-likeness (QED) is 0.521. The molecule has 5 heteroatoms. The maximum absolute atomic E-state index is 6.14. The minimum atomic E-state index is 0.725. The Bertz CT molecular complexity index is 898. The molecule has 0 fully saturated rings. The van der Waals surface area contributed by atoms with Crippen LogP contribution in [0.25, 0.3) is 0 Å². The predicted octanol–water partition coefficient (Wildman–Crippen LogP) is 4.96. The number of rotatable bonds is 5. The fraction of sp³-hybridized carbons (Fsp3) is 0.200. The highest BCUT2D eigenvalue weighted by Crippen LogP contribution is 2.20. The number of benzene rings is 2. The molecule has 0 saturated carbocycles. The number of aromatic nitrogens is 2. The standard InChI is InChI=1S/C20H21ClN4/c1-14-9-10-18(11-20(14)21)23-22-12-19-15(2)24-25(16(19)3)13-17-7-5-4-6-8-17/h4-12,23H,13H2,1-3H3/b22-12-. The molecule has 0 saturated heterocycles. The zero-order chi connectivity index (χ0) is 17.8. The van der Waals surface area contributed by atoms with Crippen molar-refractivity contribution in [2.45, 2.75) is 27.3 Å². The summed E-state index contributed by atoms with van der Waals surface area (Å²) in [4.78, 5) is 0. The summed E-state index contributed by atoms with van der Waals surface area (Å²) in [7, 11) is 0. The van der Waals surface area contributed by atoms with E-state index in [0.29, 0.717) is 0 Å². The number of nitrogens with one attached hydrogen (secondary N) is 1. The summed E-state index contributed by atoms with van der Waals surface area (Å²) in [6.07, 6.45) is 1.81. The molecule has 1 N–H and O–H groups in total. The first-order chi connectivity index (χ1) is 12.0. The Labute approximate surface area is 153 Å². The van der Waals surface area contributed by atoms with Crippen LogP contribution in [0.3, 0.4) is 0 Å². The molecule has 0 amide bonds. The van der Waals surface area contributed by atoms with Gasteiger partial charge in [0.05, 0.1) is 24.1 Å². The SMILES string of the molecule is Cc1ccc(N/N=C\c2c(C)nn(Cc3ccccc3)c2C)cc1Cl. The largest absolute Gasteiger partial charge is 0.278 e. The van der Waals surface area contributed by atoms with E-state index in [9.17, 15) is 0 Å². The Morgan fingerprint density at radius 3 is 2.60 bits per heavy atom. The summed E-state index contributed by atoms with van der Waals surface area (Å²) in [6.45, 7) is 6.79. The number of hydrogen-bond donors (Lipinski definition) is 1. The van der Waals surface area contributed by atoms with Crippen LogP contribution in [-0.4, -0.2) is 16.0 Å². The average Bonchev–Trinajstić information content (AvgIpc) is 2.86. The van der Waals surface area contributed by atoms with Gasteiger partial charge in [0, 0.05) is 16.3 Å². The lowest BCUT2D eigenvalue weighted by Crippen LogP contribution is -2.04. The Kier molecular flexibility index (Phi) is 5.19. The molecule has 4 nitrogen and oxygen atoms in total. The van der Waals surface area contributed by atoms with Gasteiger partial charge >= 0.3 is 0 Å². The molecule has 0 radical (unpaired) electrons. The van der Waals surface area contributed by atoms with Crippen LogP contribution < -0.4 is 5.43 Å². The molecular formula is C20H21ClN4. The molecule has 0 bridgehead atoms.